The van der Waals surface area contributed by atoms with E-state index in [1.54, 1.807) is 12.1 Å². The molecule has 6 rings (SSSR count). The normalized spacial score (nSPS) is 24.0. The smallest absolute Gasteiger partial charge is 0.316 e. The Balaban J connectivity index is 1.43. The third-order valence-electron chi connectivity index (χ3n) is 7.26. The van der Waals surface area contributed by atoms with E-state index >= 15 is 0 Å². The van der Waals surface area contributed by atoms with Gasteiger partial charge in [0.25, 0.3) is 0 Å². The number of esters is 1. The number of para-hydroxylation sites is 1. The maximum atomic E-state index is 13.5. The van der Waals surface area contributed by atoms with Crippen LogP contribution < -0.4 is 4.74 Å². The molecule has 6 nitrogen and oxygen atoms in total. The molecule has 174 valence electrons. The minimum Gasteiger partial charge on any atom is -0.488 e. The molecular weight excluding hydrogens is 475 g/mol. The van der Waals surface area contributed by atoms with Crippen molar-refractivity contribution in [1.82, 2.24) is 9.88 Å². The van der Waals surface area contributed by atoms with E-state index in [0.29, 0.717) is 41.8 Å². The number of methoxy groups -OCH3 is 1. The number of carbonyl (C=O) groups excluding carboxylic acids is 2. The number of nitrogens with zero attached hydrogens (tertiary/aromatic N) is 1. The first-order chi connectivity index (χ1) is 16.5. The Bertz CT molecular complexity index is 1380. The Morgan fingerprint density at radius 3 is 2.85 bits per heavy atom. The Labute approximate surface area is 206 Å². The Hall–Kier alpha value is -2.80. The van der Waals surface area contributed by atoms with Crippen LogP contribution in [0.15, 0.2) is 48.0 Å². The zero-order valence-electron chi connectivity index (χ0n) is 18.4. The minimum absolute atomic E-state index is 0.101. The zero-order chi connectivity index (χ0) is 23.6. The van der Waals surface area contributed by atoms with E-state index in [9.17, 15) is 9.59 Å². The number of hydrogen-bond donors (Lipinski definition) is 1. The summed E-state index contributed by atoms with van der Waals surface area (Å²) in [5, 5.41) is 2.30. The molecule has 1 N–H and O–H groups in total. The van der Waals surface area contributed by atoms with E-state index in [1.807, 2.05) is 24.3 Å². The third kappa shape index (κ3) is 3.28. The van der Waals surface area contributed by atoms with Gasteiger partial charge in [-0.1, -0.05) is 41.4 Å². The number of piperidine rings is 1. The molecule has 3 atom stereocenters. The molecule has 0 saturated carbocycles. The molecule has 3 aliphatic rings. The zero-order valence-corrected chi connectivity index (χ0v) is 19.9. The number of H-pyrrole nitrogens is 1. The fourth-order valence-electron chi connectivity index (χ4n) is 5.64. The predicted molar refractivity (Wildman–Crippen MR) is 130 cm³/mol. The maximum absolute atomic E-state index is 13.5. The number of carbonyl (C=O) groups is 2. The van der Waals surface area contributed by atoms with Crippen molar-refractivity contribution in [3.05, 3.63) is 69.9 Å². The second-order valence-corrected chi connectivity index (χ2v) is 9.85. The van der Waals surface area contributed by atoms with Crippen molar-refractivity contribution in [1.29, 1.82) is 0 Å². The highest BCUT2D eigenvalue weighted by Gasteiger charge is 2.50. The van der Waals surface area contributed by atoms with Gasteiger partial charge in [-0.25, -0.2) is 0 Å². The van der Waals surface area contributed by atoms with Gasteiger partial charge in [0.15, 0.2) is 5.78 Å². The van der Waals surface area contributed by atoms with E-state index in [-0.39, 0.29) is 11.8 Å². The molecule has 2 aromatic carbocycles. The standard InChI is InChI=1S/C26H22Cl2N2O4/c1-33-26(32)18-10-20-24-16(15-4-2-3-5-19(15)29-24)9-21(25(18)31)30(20)11-13-12-34-22-7-6-14(27)8-17(22)23(13)28/h2-8,18,20-21,29H,9-12H2,1H3/t18?,20-,21-/m0/s1. The van der Waals surface area contributed by atoms with Crippen LogP contribution in [0.5, 0.6) is 5.75 Å². The lowest BCUT2D eigenvalue weighted by atomic mass is 9.76. The summed E-state index contributed by atoms with van der Waals surface area (Å²) >= 11 is 13.0. The van der Waals surface area contributed by atoms with Crippen molar-refractivity contribution in [3.63, 3.8) is 0 Å². The molecule has 3 aliphatic heterocycles. The summed E-state index contributed by atoms with van der Waals surface area (Å²) in [5.74, 6) is -0.656. The van der Waals surface area contributed by atoms with Crippen LogP contribution in [-0.4, -0.2) is 47.9 Å². The quantitative estimate of drug-likeness (QED) is 0.412. The van der Waals surface area contributed by atoms with Gasteiger partial charge in [-0.15, -0.1) is 0 Å². The third-order valence-corrected chi connectivity index (χ3v) is 7.96. The minimum atomic E-state index is -0.776. The van der Waals surface area contributed by atoms with Gasteiger partial charge in [0, 0.05) is 39.3 Å². The molecule has 34 heavy (non-hydrogen) atoms. The molecule has 8 heteroatoms. The lowest BCUT2D eigenvalue weighted by molar-refractivity contribution is -0.156. The number of benzene rings is 2. The van der Waals surface area contributed by atoms with Crippen molar-refractivity contribution in [2.24, 2.45) is 5.92 Å². The summed E-state index contributed by atoms with van der Waals surface area (Å²) in [6.45, 7) is 0.784. The largest absolute Gasteiger partial charge is 0.488 e. The molecule has 1 saturated heterocycles. The van der Waals surface area contributed by atoms with Crippen molar-refractivity contribution in [2.45, 2.75) is 24.9 Å². The van der Waals surface area contributed by atoms with Crippen molar-refractivity contribution in [3.8, 4) is 5.75 Å². The number of nitrogens with one attached hydrogen (secondary N) is 1. The van der Waals surface area contributed by atoms with Crippen LogP contribution in [0.25, 0.3) is 15.9 Å². The monoisotopic (exact) mass is 496 g/mol. The summed E-state index contributed by atoms with van der Waals surface area (Å²) in [4.78, 5) is 31.7. The molecule has 0 radical (unpaired) electrons. The molecule has 1 aromatic heterocycles. The Morgan fingerprint density at radius 1 is 1.21 bits per heavy atom. The SMILES string of the molecule is COC(=O)C1C[C@H]2c3[nH]c4ccccc4c3C[C@@H](C1=O)N2CC1=C(Cl)c2cc(Cl)ccc2OC1. The fourth-order valence-corrected chi connectivity index (χ4v) is 6.07. The molecule has 1 fully saturated rings. The van der Waals surface area contributed by atoms with E-state index in [4.69, 9.17) is 32.7 Å². The molecule has 0 amide bonds. The topological polar surface area (TPSA) is 71.6 Å². The Kier molecular flexibility index (Phi) is 5.21. The number of rotatable bonds is 3. The number of fused-ring (bicyclic) bond motifs is 7. The van der Waals surface area contributed by atoms with Crippen molar-refractivity contribution < 1.29 is 19.1 Å². The van der Waals surface area contributed by atoms with Gasteiger partial charge in [-0.3, -0.25) is 14.5 Å². The van der Waals surface area contributed by atoms with Crippen LogP contribution in [0.1, 0.15) is 29.3 Å². The lowest BCUT2D eigenvalue weighted by Gasteiger charge is -2.47. The summed E-state index contributed by atoms with van der Waals surface area (Å²) < 4.78 is 10.9. The molecular formula is C26H22Cl2N2O4. The fraction of sp³-hybridized carbons (Fsp3) is 0.308. The second kappa shape index (κ2) is 8.15. The van der Waals surface area contributed by atoms with Crippen LogP contribution in [0.2, 0.25) is 5.02 Å². The first-order valence-electron chi connectivity index (χ1n) is 11.2. The highest BCUT2D eigenvalue weighted by atomic mass is 35.5. The molecule has 0 aliphatic carbocycles. The van der Waals surface area contributed by atoms with Gasteiger partial charge < -0.3 is 14.5 Å². The van der Waals surface area contributed by atoms with Crippen LogP contribution >= 0.6 is 23.2 Å². The molecule has 1 unspecified atom stereocenters. The van der Waals surface area contributed by atoms with Crippen LogP contribution in [0.3, 0.4) is 0 Å². The van der Waals surface area contributed by atoms with Crippen molar-refractivity contribution >= 4 is 50.9 Å². The van der Waals surface area contributed by atoms with Gasteiger partial charge in [-0.2, -0.15) is 0 Å². The molecule has 4 heterocycles. The van der Waals surface area contributed by atoms with Crippen LogP contribution in [-0.2, 0) is 20.7 Å². The van der Waals surface area contributed by atoms with Gasteiger partial charge >= 0.3 is 5.97 Å². The van der Waals surface area contributed by atoms with Crippen molar-refractivity contribution in [2.75, 3.05) is 20.3 Å². The van der Waals surface area contributed by atoms with Gasteiger partial charge in [0.1, 0.15) is 18.3 Å². The molecule has 3 aromatic rings. The van der Waals surface area contributed by atoms with E-state index < -0.39 is 17.9 Å². The average molecular weight is 497 g/mol. The number of ketones is 1. The summed E-state index contributed by atoms with van der Waals surface area (Å²) in [5.41, 5.74) is 4.87. The number of hydrogen-bond acceptors (Lipinski definition) is 5. The van der Waals surface area contributed by atoms with Gasteiger partial charge in [0.05, 0.1) is 24.2 Å². The van der Waals surface area contributed by atoms with E-state index in [0.717, 1.165) is 33.3 Å². The first-order valence-corrected chi connectivity index (χ1v) is 12.0. The van der Waals surface area contributed by atoms with Crippen LogP contribution in [0.4, 0.5) is 0 Å². The second-order valence-electron chi connectivity index (χ2n) is 9.03. The van der Waals surface area contributed by atoms with Gasteiger partial charge in [0.2, 0.25) is 0 Å². The number of ether oxygens (including phenoxy) is 2. The maximum Gasteiger partial charge on any atom is 0.316 e. The lowest BCUT2D eigenvalue weighted by Crippen LogP contribution is -2.57. The predicted octanol–water partition coefficient (Wildman–Crippen LogP) is 4.89. The van der Waals surface area contributed by atoms with E-state index in [2.05, 4.69) is 16.0 Å². The number of Topliss-reactive ketones (excluding diaryl/α,β-unsaturated/α-hetero) is 1. The summed E-state index contributed by atoms with van der Waals surface area (Å²) in [7, 11) is 1.33. The summed E-state index contributed by atoms with van der Waals surface area (Å²) in [6.07, 6.45) is 0.881. The van der Waals surface area contributed by atoms with Crippen LogP contribution in [0, 0.1) is 5.92 Å². The highest BCUT2D eigenvalue weighted by Crippen LogP contribution is 2.46. The highest BCUT2D eigenvalue weighted by molar-refractivity contribution is 6.50. The summed E-state index contributed by atoms with van der Waals surface area (Å²) in [6, 6.07) is 12.9. The van der Waals surface area contributed by atoms with Gasteiger partial charge in [-0.05, 0) is 42.7 Å². The molecule has 2 bridgehead atoms. The number of aromatic amines is 1. The Morgan fingerprint density at radius 2 is 2.03 bits per heavy atom. The number of aromatic nitrogens is 1. The first kappa shape index (κ1) is 21.7. The number of halogens is 2. The molecule has 0 spiro atoms. The van der Waals surface area contributed by atoms with E-state index in [1.165, 1.54) is 7.11 Å². The average Bonchev–Trinajstić information content (AvgIpc) is 3.21.